The Labute approximate surface area is 106 Å². The van der Waals surface area contributed by atoms with Crippen LogP contribution >= 0.6 is 0 Å². The molecule has 18 heavy (non-hydrogen) atoms. The van der Waals surface area contributed by atoms with Gasteiger partial charge in [-0.25, -0.2) is 4.39 Å². The van der Waals surface area contributed by atoms with Gasteiger partial charge in [0.05, 0.1) is 11.8 Å². The van der Waals surface area contributed by atoms with Crippen molar-refractivity contribution in [1.82, 2.24) is 0 Å². The van der Waals surface area contributed by atoms with Gasteiger partial charge in [0.2, 0.25) is 5.91 Å². The Bertz CT molecular complexity index is 408. The van der Waals surface area contributed by atoms with Crippen molar-refractivity contribution >= 4 is 11.6 Å². The van der Waals surface area contributed by atoms with E-state index in [1.54, 1.807) is 6.07 Å². The van der Waals surface area contributed by atoms with Crippen molar-refractivity contribution in [3.05, 3.63) is 24.0 Å². The zero-order valence-electron chi connectivity index (χ0n) is 10.7. The van der Waals surface area contributed by atoms with Crippen LogP contribution in [0.3, 0.4) is 0 Å². The van der Waals surface area contributed by atoms with Crippen LogP contribution in [-0.2, 0) is 4.79 Å². The molecule has 1 aromatic rings. The fraction of sp³-hybridized carbons (Fsp3) is 0.462. The number of hydrogen-bond acceptors (Lipinski definition) is 3. The Hall–Kier alpha value is -1.62. The highest BCUT2D eigenvalue weighted by Crippen LogP contribution is 2.21. The first kappa shape index (κ1) is 14.4. The summed E-state index contributed by atoms with van der Waals surface area (Å²) in [5.74, 6) is -0.298. The lowest BCUT2D eigenvalue weighted by Crippen LogP contribution is -2.14. The number of rotatable bonds is 6. The second-order valence-electron chi connectivity index (χ2n) is 4.25. The second-order valence-corrected chi connectivity index (χ2v) is 4.25. The van der Waals surface area contributed by atoms with Crippen LogP contribution in [0.25, 0.3) is 0 Å². The number of nitrogens with two attached hydrogens (primary N) is 1. The van der Waals surface area contributed by atoms with Gasteiger partial charge >= 0.3 is 0 Å². The summed E-state index contributed by atoms with van der Waals surface area (Å²) in [6, 6.07) is 4.38. The maximum Gasteiger partial charge on any atom is 0.224 e. The van der Waals surface area contributed by atoms with Gasteiger partial charge in [0.15, 0.2) is 0 Å². The average Bonchev–Trinajstić information content (AvgIpc) is 2.29. The monoisotopic (exact) mass is 254 g/mol. The lowest BCUT2D eigenvalue weighted by Gasteiger charge is -2.11. The molecule has 0 bridgehead atoms. The van der Waals surface area contributed by atoms with Crippen LogP contribution in [0, 0.1) is 5.82 Å². The van der Waals surface area contributed by atoms with Crippen LogP contribution in [0.2, 0.25) is 0 Å². The number of benzene rings is 1. The molecule has 3 N–H and O–H groups in total. The standard InChI is InChI=1S/C13H19FN2O2/c1-9(2)18-10-5-6-12(11(14)8-10)16-13(17)4-3-7-15/h5-6,8-9H,3-4,7,15H2,1-2H3,(H,16,17). The Morgan fingerprint density at radius 1 is 1.50 bits per heavy atom. The van der Waals surface area contributed by atoms with Crippen LogP contribution in [-0.4, -0.2) is 18.6 Å². The summed E-state index contributed by atoms with van der Waals surface area (Å²) in [5, 5.41) is 2.50. The maximum absolute atomic E-state index is 13.7. The number of amides is 1. The van der Waals surface area contributed by atoms with E-state index in [9.17, 15) is 9.18 Å². The highest BCUT2D eigenvalue weighted by atomic mass is 19.1. The van der Waals surface area contributed by atoms with E-state index in [1.807, 2.05) is 13.8 Å². The molecule has 0 saturated heterocycles. The first-order valence-electron chi connectivity index (χ1n) is 5.99. The molecule has 0 aliphatic carbocycles. The van der Waals surface area contributed by atoms with Gasteiger partial charge in [-0.2, -0.15) is 0 Å². The molecular weight excluding hydrogens is 235 g/mol. The number of halogens is 1. The van der Waals surface area contributed by atoms with Gasteiger partial charge in [0, 0.05) is 12.5 Å². The number of nitrogens with one attached hydrogen (secondary N) is 1. The van der Waals surface area contributed by atoms with E-state index in [0.717, 1.165) is 0 Å². The molecule has 0 unspecified atom stereocenters. The quantitative estimate of drug-likeness (QED) is 0.818. The molecule has 4 nitrogen and oxygen atoms in total. The van der Waals surface area contributed by atoms with E-state index in [0.29, 0.717) is 25.1 Å². The highest BCUT2D eigenvalue weighted by Gasteiger charge is 2.08. The molecular formula is C13H19FN2O2. The van der Waals surface area contributed by atoms with Crippen LogP contribution < -0.4 is 15.8 Å². The van der Waals surface area contributed by atoms with Crippen LogP contribution in [0.1, 0.15) is 26.7 Å². The molecule has 0 heterocycles. The normalized spacial score (nSPS) is 10.5. The third-order valence-electron chi connectivity index (χ3n) is 2.19. The number of carbonyl (C=O) groups excluding carboxylic acids is 1. The van der Waals surface area contributed by atoms with Crippen molar-refractivity contribution in [1.29, 1.82) is 0 Å². The smallest absolute Gasteiger partial charge is 0.224 e. The number of hydrogen-bond donors (Lipinski definition) is 2. The Balaban J connectivity index is 2.64. The summed E-state index contributed by atoms with van der Waals surface area (Å²) in [5.41, 5.74) is 5.46. The fourth-order valence-electron chi connectivity index (χ4n) is 1.42. The first-order chi connectivity index (χ1) is 8.52. The first-order valence-corrected chi connectivity index (χ1v) is 5.99. The molecule has 0 atom stereocenters. The lowest BCUT2D eigenvalue weighted by atomic mass is 10.2. The zero-order chi connectivity index (χ0) is 13.5. The van der Waals surface area contributed by atoms with Crippen LogP contribution in [0.5, 0.6) is 5.75 Å². The Morgan fingerprint density at radius 3 is 2.78 bits per heavy atom. The minimum absolute atomic E-state index is 0.0191. The molecule has 0 radical (unpaired) electrons. The largest absolute Gasteiger partial charge is 0.491 e. The molecule has 100 valence electrons. The number of ether oxygens (including phenoxy) is 1. The van der Waals surface area contributed by atoms with E-state index in [4.69, 9.17) is 10.5 Å². The van der Waals surface area contributed by atoms with E-state index >= 15 is 0 Å². The van der Waals surface area contributed by atoms with Crippen molar-refractivity contribution in [2.75, 3.05) is 11.9 Å². The maximum atomic E-state index is 13.7. The fourth-order valence-corrected chi connectivity index (χ4v) is 1.42. The molecule has 0 aromatic heterocycles. The van der Waals surface area contributed by atoms with Crippen molar-refractivity contribution < 1.29 is 13.9 Å². The lowest BCUT2D eigenvalue weighted by molar-refractivity contribution is -0.116. The summed E-state index contributed by atoms with van der Waals surface area (Å²) in [6.45, 7) is 4.16. The molecule has 0 fully saturated rings. The number of carbonyl (C=O) groups is 1. The zero-order valence-corrected chi connectivity index (χ0v) is 10.7. The molecule has 1 rings (SSSR count). The van der Waals surface area contributed by atoms with Crippen LogP contribution in [0.4, 0.5) is 10.1 Å². The predicted octanol–water partition coefficient (Wildman–Crippen LogP) is 2.29. The SMILES string of the molecule is CC(C)Oc1ccc(NC(=O)CCCN)c(F)c1. The number of anilines is 1. The highest BCUT2D eigenvalue weighted by molar-refractivity contribution is 5.90. The van der Waals surface area contributed by atoms with Gasteiger partial charge in [-0.1, -0.05) is 0 Å². The summed E-state index contributed by atoms with van der Waals surface area (Å²) in [6.07, 6.45) is 0.858. The third-order valence-corrected chi connectivity index (χ3v) is 2.19. The molecule has 0 spiro atoms. The Kier molecular flexibility index (Phi) is 5.58. The molecule has 1 amide bonds. The van der Waals surface area contributed by atoms with E-state index in [-0.39, 0.29) is 17.7 Å². The molecule has 5 heteroatoms. The molecule has 0 aliphatic heterocycles. The minimum Gasteiger partial charge on any atom is -0.491 e. The van der Waals surface area contributed by atoms with Crippen molar-refractivity contribution in [2.24, 2.45) is 5.73 Å². The predicted molar refractivity (Wildman–Crippen MR) is 69.1 cm³/mol. The summed E-state index contributed by atoms with van der Waals surface area (Å²) in [7, 11) is 0. The molecule has 0 saturated carbocycles. The van der Waals surface area contributed by atoms with Crippen LogP contribution in [0.15, 0.2) is 18.2 Å². The van der Waals surface area contributed by atoms with Crippen molar-refractivity contribution in [3.8, 4) is 5.75 Å². The van der Waals surface area contributed by atoms with Gasteiger partial charge in [-0.05, 0) is 38.9 Å². The molecule has 0 aliphatic rings. The summed E-state index contributed by atoms with van der Waals surface area (Å²) < 4.78 is 19.0. The van der Waals surface area contributed by atoms with Gasteiger partial charge in [-0.15, -0.1) is 0 Å². The third kappa shape index (κ3) is 4.71. The van der Waals surface area contributed by atoms with Gasteiger partial charge in [0.1, 0.15) is 11.6 Å². The Morgan fingerprint density at radius 2 is 2.22 bits per heavy atom. The van der Waals surface area contributed by atoms with Gasteiger partial charge < -0.3 is 15.8 Å². The minimum atomic E-state index is -0.505. The average molecular weight is 254 g/mol. The van der Waals surface area contributed by atoms with Crippen molar-refractivity contribution in [2.45, 2.75) is 32.8 Å². The van der Waals surface area contributed by atoms with Gasteiger partial charge in [0.25, 0.3) is 0 Å². The topological polar surface area (TPSA) is 64.3 Å². The van der Waals surface area contributed by atoms with E-state index < -0.39 is 5.82 Å². The van der Waals surface area contributed by atoms with E-state index in [2.05, 4.69) is 5.32 Å². The van der Waals surface area contributed by atoms with Crippen molar-refractivity contribution in [3.63, 3.8) is 0 Å². The second kappa shape index (κ2) is 6.96. The van der Waals surface area contributed by atoms with Gasteiger partial charge in [-0.3, -0.25) is 4.79 Å². The summed E-state index contributed by atoms with van der Waals surface area (Å²) in [4.78, 5) is 11.4. The van der Waals surface area contributed by atoms with E-state index in [1.165, 1.54) is 12.1 Å². The molecule has 1 aromatic carbocycles. The summed E-state index contributed by atoms with van der Waals surface area (Å²) >= 11 is 0.